The zero-order valence-electron chi connectivity index (χ0n) is 22.1. The van der Waals surface area contributed by atoms with E-state index in [1.807, 2.05) is 6.08 Å². The van der Waals surface area contributed by atoms with E-state index in [-0.39, 0.29) is 50.1 Å². The highest BCUT2D eigenvalue weighted by Crippen LogP contribution is 2.65. The van der Waals surface area contributed by atoms with Crippen LogP contribution in [0.1, 0.15) is 31.2 Å². The molecule has 0 spiro atoms. The van der Waals surface area contributed by atoms with E-state index in [4.69, 9.17) is 33.0 Å². The number of fused-ring (bicyclic) bond motifs is 4. The predicted molar refractivity (Wildman–Crippen MR) is 148 cm³/mol. The van der Waals surface area contributed by atoms with Gasteiger partial charge in [-0.15, -0.1) is 23.2 Å². The van der Waals surface area contributed by atoms with E-state index in [1.54, 1.807) is 31.2 Å². The minimum atomic E-state index is -1.99. The van der Waals surface area contributed by atoms with Crippen molar-refractivity contribution < 1.29 is 33.4 Å². The molecule has 2 aromatic rings. The Morgan fingerprint density at radius 1 is 0.976 bits per heavy atom. The highest BCUT2D eigenvalue weighted by Gasteiger charge is 2.76. The maximum Gasteiger partial charge on any atom is 0.258 e. The van der Waals surface area contributed by atoms with Gasteiger partial charge in [0.05, 0.1) is 24.1 Å². The molecule has 11 heteroatoms. The molecule has 2 aliphatic heterocycles. The van der Waals surface area contributed by atoms with Crippen LogP contribution in [0, 0.1) is 23.6 Å². The number of aliphatic hydroxyl groups is 1. The Hall–Kier alpha value is -3.27. The van der Waals surface area contributed by atoms with E-state index in [0.29, 0.717) is 16.9 Å². The number of carbonyl (C=O) groups is 4. The third-order valence-electron chi connectivity index (χ3n) is 8.88. The standard InChI is InChI=1S/C30H27Cl2FN2O6/c1-2-34-25(37)21-12-11-20-22(23(21)26(34)38)15-29(31)27(39)35(18-7-5-17(33)6-8-18)28(40)30(29,32)24(20)16-3-9-19(10-4-16)41-14-13-36/h3-11,21-24,36H,2,12-15H2,1H3. The number of benzene rings is 2. The molecule has 2 heterocycles. The summed E-state index contributed by atoms with van der Waals surface area (Å²) in [5, 5.41) is 9.11. The lowest BCUT2D eigenvalue weighted by atomic mass is 9.56. The van der Waals surface area contributed by atoms with Gasteiger partial charge < -0.3 is 9.84 Å². The zero-order chi connectivity index (χ0) is 29.3. The first-order valence-corrected chi connectivity index (χ1v) is 14.2. The number of rotatable bonds is 6. The molecule has 0 bridgehead atoms. The van der Waals surface area contributed by atoms with Crippen molar-refractivity contribution in [1.29, 1.82) is 0 Å². The second-order valence-electron chi connectivity index (χ2n) is 10.8. The number of hydrogen-bond donors (Lipinski definition) is 1. The van der Waals surface area contributed by atoms with E-state index >= 15 is 0 Å². The quantitative estimate of drug-likeness (QED) is 0.307. The van der Waals surface area contributed by atoms with Crippen LogP contribution >= 0.6 is 23.2 Å². The average molecular weight is 601 g/mol. The molecule has 4 aliphatic rings. The van der Waals surface area contributed by atoms with E-state index in [0.717, 1.165) is 17.0 Å². The molecule has 6 unspecified atom stereocenters. The topological polar surface area (TPSA) is 104 Å². The normalized spacial score (nSPS) is 32.6. The number of amides is 4. The lowest BCUT2D eigenvalue weighted by Crippen LogP contribution is -2.60. The first-order valence-electron chi connectivity index (χ1n) is 13.5. The van der Waals surface area contributed by atoms with Gasteiger partial charge in [-0.3, -0.25) is 24.1 Å². The number of likely N-dealkylation sites (tertiary alicyclic amines) is 1. The average Bonchev–Trinajstić information content (AvgIpc) is 3.30. The van der Waals surface area contributed by atoms with Crippen LogP contribution in [0.3, 0.4) is 0 Å². The monoisotopic (exact) mass is 600 g/mol. The third kappa shape index (κ3) is 3.82. The van der Waals surface area contributed by atoms with E-state index in [2.05, 4.69) is 0 Å². The lowest BCUT2D eigenvalue weighted by Gasteiger charge is -2.50. The molecule has 2 saturated heterocycles. The first-order chi connectivity index (χ1) is 19.6. The first kappa shape index (κ1) is 27.9. The molecule has 2 aromatic carbocycles. The minimum Gasteiger partial charge on any atom is -0.491 e. The van der Waals surface area contributed by atoms with Crippen LogP contribution in [0.15, 0.2) is 60.2 Å². The second-order valence-corrected chi connectivity index (χ2v) is 12.1. The number of halogens is 3. The summed E-state index contributed by atoms with van der Waals surface area (Å²) in [7, 11) is 0. The Kier molecular flexibility index (Phi) is 6.75. The van der Waals surface area contributed by atoms with Crippen molar-refractivity contribution >= 4 is 52.5 Å². The van der Waals surface area contributed by atoms with Crippen LogP contribution in [0.5, 0.6) is 5.75 Å². The van der Waals surface area contributed by atoms with Crippen molar-refractivity contribution in [2.24, 2.45) is 17.8 Å². The van der Waals surface area contributed by atoms with Gasteiger partial charge in [0.2, 0.25) is 11.8 Å². The molecule has 1 N–H and O–H groups in total. The summed E-state index contributed by atoms with van der Waals surface area (Å²) in [6, 6.07) is 11.7. The summed E-state index contributed by atoms with van der Waals surface area (Å²) in [5.41, 5.74) is 1.38. The molecule has 1 saturated carbocycles. The predicted octanol–water partition coefficient (Wildman–Crippen LogP) is 3.78. The number of allylic oxidation sites excluding steroid dienone is 2. The fourth-order valence-corrected chi connectivity index (χ4v) is 8.00. The van der Waals surface area contributed by atoms with Gasteiger partial charge in [-0.05, 0) is 67.6 Å². The fraction of sp³-hybridized carbons (Fsp3) is 0.400. The van der Waals surface area contributed by atoms with E-state index < -0.39 is 51.1 Å². The lowest BCUT2D eigenvalue weighted by molar-refractivity contribution is -0.140. The number of nitrogens with zero attached hydrogens (tertiary/aromatic N) is 2. The largest absolute Gasteiger partial charge is 0.491 e. The Balaban J connectivity index is 1.52. The number of anilines is 1. The maximum atomic E-state index is 14.3. The fourth-order valence-electron chi connectivity index (χ4n) is 7.07. The highest BCUT2D eigenvalue weighted by molar-refractivity contribution is 6.58. The number of ether oxygens (including phenoxy) is 1. The number of alkyl halides is 2. The van der Waals surface area contributed by atoms with Crippen LogP contribution < -0.4 is 9.64 Å². The van der Waals surface area contributed by atoms with Crippen molar-refractivity contribution in [2.45, 2.75) is 35.4 Å². The van der Waals surface area contributed by atoms with Gasteiger partial charge in [0.1, 0.15) is 18.2 Å². The van der Waals surface area contributed by atoms with E-state index in [9.17, 15) is 23.6 Å². The summed E-state index contributed by atoms with van der Waals surface area (Å²) < 4.78 is 19.2. The maximum absolute atomic E-state index is 14.3. The summed E-state index contributed by atoms with van der Waals surface area (Å²) in [4.78, 5) is 53.2. The van der Waals surface area contributed by atoms with E-state index in [1.165, 1.54) is 17.0 Å². The van der Waals surface area contributed by atoms with Crippen molar-refractivity contribution in [3.05, 3.63) is 71.6 Å². The highest BCUT2D eigenvalue weighted by atomic mass is 35.5. The molecular weight excluding hydrogens is 574 g/mol. The Labute approximate surface area is 245 Å². The Bertz CT molecular complexity index is 1480. The van der Waals surface area contributed by atoms with Gasteiger partial charge >= 0.3 is 0 Å². The summed E-state index contributed by atoms with van der Waals surface area (Å²) in [6.07, 6.45) is 2.03. The molecule has 6 rings (SSSR count). The molecule has 0 aromatic heterocycles. The number of aliphatic hydroxyl groups excluding tert-OH is 1. The van der Waals surface area contributed by atoms with Crippen LogP contribution in [0.2, 0.25) is 0 Å². The number of hydrogen-bond acceptors (Lipinski definition) is 6. The summed E-state index contributed by atoms with van der Waals surface area (Å²) in [5.74, 6) is -5.02. The van der Waals surface area contributed by atoms with Crippen molar-refractivity contribution in [1.82, 2.24) is 4.90 Å². The number of carbonyl (C=O) groups excluding carboxylic acids is 4. The van der Waals surface area contributed by atoms with Gasteiger partial charge in [0.15, 0.2) is 9.75 Å². The summed E-state index contributed by atoms with van der Waals surface area (Å²) in [6.45, 7) is 1.89. The third-order valence-corrected chi connectivity index (χ3v) is 10.3. The Morgan fingerprint density at radius 2 is 1.66 bits per heavy atom. The molecule has 214 valence electrons. The molecule has 41 heavy (non-hydrogen) atoms. The minimum absolute atomic E-state index is 0.0903. The number of imide groups is 2. The van der Waals surface area contributed by atoms with Crippen LogP contribution in [0.4, 0.5) is 10.1 Å². The van der Waals surface area contributed by atoms with Gasteiger partial charge in [-0.25, -0.2) is 9.29 Å². The van der Waals surface area contributed by atoms with Crippen LogP contribution in [0.25, 0.3) is 0 Å². The van der Waals surface area contributed by atoms with Crippen molar-refractivity contribution in [3.8, 4) is 5.75 Å². The van der Waals surface area contributed by atoms with Crippen LogP contribution in [-0.2, 0) is 19.2 Å². The SMILES string of the molecule is CCN1C(=O)C2CC=C3C(CC4(Cl)C(=O)N(c5ccc(F)cc5)C(=O)C4(Cl)C3c3ccc(OCCO)cc3)C2C1=O. The summed E-state index contributed by atoms with van der Waals surface area (Å²) >= 11 is 14.6. The van der Waals surface area contributed by atoms with Gasteiger partial charge in [-0.2, -0.15) is 0 Å². The molecule has 2 aliphatic carbocycles. The molecule has 6 atom stereocenters. The van der Waals surface area contributed by atoms with Crippen LogP contribution in [-0.4, -0.2) is 63.1 Å². The Morgan fingerprint density at radius 3 is 2.29 bits per heavy atom. The van der Waals surface area contributed by atoms with Gasteiger partial charge in [-0.1, -0.05) is 23.8 Å². The molecule has 8 nitrogen and oxygen atoms in total. The van der Waals surface area contributed by atoms with Crippen molar-refractivity contribution in [3.63, 3.8) is 0 Å². The second kappa shape index (κ2) is 9.93. The molecule has 4 amide bonds. The molecule has 3 fully saturated rings. The zero-order valence-corrected chi connectivity index (χ0v) is 23.6. The smallest absolute Gasteiger partial charge is 0.258 e. The molecule has 0 radical (unpaired) electrons. The van der Waals surface area contributed by atoms with Gasteiger partial charge in [0.25, 0.3) is 11.8 Å². The van der Waals surface area contributed by atoms with Crippen molar-refractivity contribution in [2.75, 3.05) is 24.7 Å². The van der Waals surface area contributed by atoms with Gasteiger partial charge in [0, 0.05) is 12.5 Å². The molecular formula is C30H27Cl2FN2O6.